The van der Waals surface area contributed by atoms with Crippen molar-refractivity contribution < 1.29 is 38.1 Å². The Kier molecular flexibility index (Phi) is 15.8. The fourth-order valence-corrected chi connectivity index (χ4v) is 4.93. The van der Waals surface area contributed by atoms with E-state index in [-0.39, 0.29) is 43.2 Å². The van der Waals surface area contributed by atoms with Gasteiger partial charge < -0.3 is 23.7 Å². The van der Waals surface area contributed by atoms with Gasteiger partial charge in [0.05, 0.1) is 26.2 Å². The van der Waals surface area contributed by atoms with Crippen molar-refractivity contribution in [2.75, 3.05) is 34.0 Å². The second-order valence-corrected chi connectivity index (χ2v) is 11.5. The van der Waals surface area contributed by atoms with Crippen LogP contribution in [0.3, 0.4) is 0 Å². The summed E-state index contributed by atoms with van der Waals surface area (Å²) in [4.78, 5) is 39.9. The van der Waals surface area contributed by atoms with Gasteiger partial charge in [-0.15, -0.1) is 0 Å². The van der Waals surface area contributed by atoms with E-state index in [9.17, 15) is 14.4 Å². The monoisotopic (exact) mass is 598 g/mol. The molecule has 238 valence electrons. The minimum atomic E-state index is -0.974. The number of benzene rings is 2. The van der Waals surface area contributed by atoms with Crippen molar-refractivity contribution in [3.8, 4) is 11.5 Å². The van der Waals surface area contributed by atoms with Crippen LogP contribution in [-0.4, -0.2) is 51.8 Å². The topological polar surface area (TPSA) is 97.4 Å². The number of carbonyl (C=O) groups is 3. The fourth-order valence-electron chi connectivity index (χ4n) is 4.93. The molecule has 2 aromatic carbocycles. The molecule has 8 heteroatoms. The summed E-state index contributed by atoms with van der Waals surface area (Å²) in [5.74, 6) is -1.60. The Balaban J connectivity index is 2.20. The van der Waals surface area contributed by atoms with Crippen molar-refractivity contribution in [1.82, 2.24) is 0 Å². The van der Waals surface area contributed by atoms with E-state index in [1.54, 1.807) is 21.1 Å². The maximum Gasteiger partial charge on any atom is 0.316 e. The Morgan fingerprint density at radius 3 is 2.12 bits per heavy atom. The minimum Gasteiger partial charge on any atom is -0.493 e. The Morgan fingerprint density at radius 2 is 1.51 bits per heavy atom. The summed E-state index contributed by atoms with van der Waals surface area (Å²) in [5, 5.41) is 0. The summed E-state index contributed by atoms with van der Waals surface area (Å²) in [6.45, 7) is 11.1. The van der Waals surface area contributed by atoms with Gasteiger partial charge in [-0.2, -0.15) is 0 Å². The number of hydrogen-bond donors (Lipinski definition) is 0. The zero-order chi connectivity index (χ0) is 31.8. The number of carbonyl (C=O) groups excluding carboxylic acids is 3. The molecule has 0 radical (unpaired) electrons. The largest absolute Gasteiger partial charge is 0.493 e. The highest BCUT2D eigenvalue weighted by Gasteiger charge is 2.36. The van der Waals surface area contributed by atoms with Crippen molar-refractivity contribution in [2.45, 2.75) is 66.9 Å². The van der Waals surface area contributed by atoms with E-state index in [1.165, 1.54) is 0 Å². The highest BCUT2D eigenvalue weighted by Crippen LogP contribution is 2.33. The lowest BCUT2D eigenvalue weighted by Crippen LogP contribution is -2.34. The van der Waals surface area contributed by atoms with Crippen molar-refractivity contribution in [1.29, 1.82) is 0 Å². The molecule has 3 atom stereocenters. The van der Waals surface area contributed by atoms with Gasteiger partial charge in [0, 0.05) is 26.6 Å². The molecular formula is C35H50O8. The van der Waals surface area contributed by atoms with Gasteiger partial charge in [-0.3, -0.25) is 14.4 Å². The van der Waals surface area contributed by atoms with Crippen LogP contribution in [0.1, 0.15) is 65.0 Å². The second-order valence-electron chi connectivity index (χ2n) is 11.5. The van der Waals surface area contributed by atoms with Crippen LogP contribution in [0.2, 0.25) is 0 Å². The van der Waals surface area contributed by atoms with E-state index in [0.29, 0.717) is 37.6 Å². The van der Waals surface area contributed by atoms with E-state index in [0.717, 1.165) is 17.5 Å². The number of hydrogen-bond acceptors (Lipinski definition) is 8. The Morgan fingerprint density at radius 1 is 0.791 bits per heavy atom. The molecule has 2 rings (SSSR count). The first-order valence-electron chi connectivity index (χ1n) is 15.3. The van der Waals surface area contributed by atoms with E-state index < -0.39 is 23.8 Å². The number of ketones is 1. The van der Waals surface area contributed by atoms with Gasteiger partial charge in [0.25, 0.3) is 0 Å². The van der Waals surface area contributed by atoms with Crippen LogP contribution in [0.4, 0.5) is 0 Å². The molecule has 0 saturated heterocycles. The average Bonchev–Trinajstić information content (AvgIpc) is 2.99. The molecule has 0 aliphatic heterocycles. The number of esters is 2. The van der Waals surface area contributed by atoms with Crippen molar-refractivity contribution in [3.63, 3.8) is 0 Å². The van der Waals surface area contributed by atoms with Gasteiger partial charge in [0.2, 0.25) is 0 Å². The number of Topliss-reactive ketones (excluding diaryl/α,β-unsaturated/α-hetero) is 1. The first kappa shape index (κ1) is 35.8. The second kappa shape index (κ2) is 19.0. The summed E-state index contributed by atoms with van der Waals surface area (Å²) < 4.78 is 27.5. The molecule has 0 spiro atoms. The molecule has 0 bridgehead atoms. The van der Waals surface area contributed by atoms with Crippen molar-refractivity contribution in [2.24, 2.45) is 29.6 Å². The van der Waals surface area contributed by atoms with Gasteiger partial charge in [-0.25, -0.2) is 0 Å². The maximum absolute atomic E-state index is 13.7. The molecule has 43 heavy (non-hydrogen) atoms. The molecule has 0 aliphatic carbocycles. The normalized spacial score (nSPS) is 13.3. The predicted octanol–water partition coefficient (Wildman–Crippen LogP) is 6.47. The predicted molar refractivity (Wildman–Crippen MR) is 166 cm³/mol. The van der Waals surface area contributed by atoms with Crippen LogP contribution in [0.5, 0.6) is 11.5 Å². The van der Waals surface area contributed by atoms with E-state index >= 15 is 0 Å². The van der Waals surface area contributed by atoms with E-state index in [4.69, 9.17) is 23.7 Å². The number of ether oxygens (including phenoxy) is 5. The SMILES string of the molecule is CCOC(=O)C(CC(Cc1ccc(OC)c(OCCCOC)c1)C(C)C)C(=O)C[C@H](C(=O)OCc1ccccc1)C(C)C. The number of rotatable bonds is 20. The Bertz CT molecular complexity index is 1130. The lowest BCUT2D eigenvalue weighted by atomic mass is 9.78. The van der Waals surface area contributed by atoms with Gasteiger partial charge in [0.1, 0.15) is 18.3 Å². The molecule has 0 aromatic heterocycles. The quantitative estimate of drug-likeness (QED) is 0.0972. The summed E-state index contributed by atoms with van der Waals surface area (Å²) >= 11 is 0. The summed E-state index contributed by atoms with van der Waals surface area (Å²) in [6, 6.07) is 15.2. The first-order chi connectivity index (χ1) is 20.6. The third kappa shape index (κ3) is 12.0. The third-order valence-corrected chi connectivity index (χ3v) is 7.67. The molecule has 0 fully saturated rings. The molecule has 2 aromatic rings. The summed E-state index contributed by atoms with van der Waals surface area (Å²) in [7, 11) is 3.26. The van der Waals surface area contributed by atoms with Gasteiger partial charge in [-0.1, -0.05) is 64.1 Å². The third-order valence-electron chi connectivity index (χ3n) is 7.67. The highest BCUT2D eigenvalue weighted by atomic mass is 16.5. The van der Waals surface area contributed by atoms with E-state index in [1.807, 2.05) is 62.4 Å². The van der Waals surface area contributed by atoms with Crippen LogP contribution in [0.15, 0.2) is 48.5 Å². The molecule has 2 unspecified atom stereocenters. The summed E-state index contributed by atoms with van der Waals surface area (Å²) in [5.41, 5.74) is 1.89. The Hall–Kier alpha value is -3.39. The molecule has 0 aliphatic rings. The molecule has 0 heterocycles. The fraction of sp³-hybridized carbons (Fsp3) is 0.571. The summed E-state index contributed by atoms with van der Waals surface area (Å²) in [6.07, 6.45) is 1.61. The smallest absolute Gasteiger partial charge is 0.316 e. The van der Waals surface area contributed by atoms with Crippen molar-refractivity contribution >= 4 is 17.7 Å². The lowest BCUT2D eigenvalue weighted by molar-refractivity contribution is -0.157. The highest BCUT2D eigenvalue weighted by molar-refractivity contribution is 6.00. The molecule has 0 amide bonds. The van der Waals surface area contributed by atoms with Crippen molar-refractivity contribution in [3.05, 3.63) is 59.7 Å². The molecule has 8 nitrogen and oxygen atoms in total. The van der Waals surface area contributed by atoms with Gasteiger partial charge in [-0.05, 0) is 60.8 Å². The molecular weight excluding hydrogens is 548 g/mol. The number of methoxy groups -OCH3 is 2. The van der Waals surface area contributed by atoms with E-state index in [2.05, 4.69) is 13.8 Å². The van der Waals surface area contributed by atoms with Crippen LogP contribution < -0.4 is 9.47 Å². The lowest BCUT2D eigenvalue weighted by Gasteiger charge is -2.27. The Labute approximate surface area is 257 Å². The van der Waals surface area contributed by atoms with Crippen LogP contribution >= 0.6 is 0 Å². The minimum absolute atomic E-state index is 0.00405. The average molecular weight is 599 g/mol. The van der Waals surface area contributed by atoms with Crippen LogP contribution in [0, 0.1) is 29.6 Å². The zero-order valence-electron chi connectivity index (χ0n) is 26.9. The molecule has 0 saturated carbocycles. The van der Waals surface area contributed by atoms with Crippen LogP contribution in [-0.2, 0) is 41.6 Å². The van der Waals surface area contributed by atoms with Gasteiger partial charge >= 0.3 is 11.9 Å². The maximum atomic E-state index is 13.7. The molecule has 0 N–H and O–H groups in total. The standard InChI is InChI=1S/C35H50O8/c1-8-41-35(38)30(31(36)22-29(25(4)5)34(37)43-23-26-13-10-9-11-14-26)21-28(24(2)3)19-27-15-16-32(40-7)33(20-27)42-18-12-17-39-6/h9-11,13-16,20,24-25,28-30H,8,12,17-19,21-23H2,1-7H3/t28?,29-,30?/m0/s1. The zero-order valence-corrected chi connectivity index (χ0v) is 26.9. The van der Waals surface area contributed by atoms with Crippen LogP contribution in [0.25, 0.3) is 0 Å². The van der Waals surface area contributed by atoms with Gasteiger partial charge in [0.15, 0.2) is 11.5 Å². The first-order valence-corrected chi connectivity index (χ1v) is 15.3.